The van der Waals surface area contributed by atoms with Gasteiger partial charge >= 0.3 is 0 Å². The molecule has 2 aromatic rings. The average molecular weight is 393 g/mol. The van der Waals surface area contributed by atoms with E-state index in [2.05, 4.69) is 64.1 Å². The van der Waals surface area contributed by atoms with Crippen LogP contribution >= 0.6 is 0 Å². The molecule has 1 aliphatic rings. The molecule has 29 heavy (non-hydrogen) atoms. The molecule has 0 radical (unpaired) electrons. The van der Waals surface area contributed by atoms with Crippen molar-refractivity contribution in [2.24, 2.45) is 5.92 Å². The first kappa shape index (κ1) is 21.8. The van der Waals surface area contributed by atoms with Gasteiger partial charge < -0.3 is 4.74 Å². The summed E-state index contributed by atoms with van der Waals surface area (Å²) in [6.45, 7) is 9.40. The maximum atomic E-state index is 13.8. The molecular formula is C27H36O2. The number of carbonyl (C=O) groups is 1. The lowest BCUT2D eigenvalue weighted by atomic mass is 9.82. The van der Waals surface area contributed by atoms with Gasteiger partial charge in [0, 0.05) is 24.2 Å². The van der Waals surface area contributed by atoms with Gasteiger partial charge in [0.15, 0.2) is 11.4 Å². The molecule has 2 aromatic carbocycles. The van der Waals surface area contributed by atoms with Crippen LogP contribution in [0.1, 0.15) is 82.4 Å². The first-order valence-corrected chi connectivity index (χ1v) is 11.4. The zero-order valence-electron chi connectivity index (χ0n) is 18.6. The smallest absolute Gasteiger partial charge is 0.177 e. The highest BCUT2D eigenvalue weighted by Gasteiger charge is 2.50. The highest BCUT2D eigenvalue weighted by Crippen LogP contribution is 2.52. The van der Waals surface area contributed by atoms with Gasteiger partial charge in [-0.2, -0.15) is 0 Å². The van der Waals surface area contributed by atoms with Crippen molar-refractivity contribution in [3.63, 3.8) is 0 Å². The van der Waals surface area contributed by atoms with Crippen molar-refractivity contribution in [3.8, 4) is 11.1 Å². The third-order valence-corrected chi connectivity index (χ3v) is 6.12. The van der Waals surface area contributed by atoms with Gasteiger partial charge in [-0.15, -0.1) is 0 Å². The number of fused-ring (bicyclic) bond motifs is 3. The van der Waals surface area contributed by atoms with Gasteiger partial charge in [-0.1, -0.05) is 88.9 Å². The Labute approximate surface area is 176 Å². The minimum absolute atomic E-state index is 0.221. The maximum absolute atomic E-state index is 13.8. The van der Waals surface area contributed by atoms with E-state index in [0.717, 1.165) is 59.4 Å². The molecule has 0 spiro atoms. The van der Waals surface area contributed by atoms with E-state index in [4.69, 9.17) is 4.74 Å². The fraction of sp³-hybridized carbons (Fsp3) is 0.519. The molecule has 1 aliphatic carbocycles. The number of aryl methyl sites for hydroxylation is 1. The molecule has 0 heterocycles. The first-order chi connectivity index (χ1) is 14.0. The highest BCUT2D eigenvalue weighted by atomic mass is 16.5. The van der Waals surface area contributed by atoms with Crippen LogP contribution in [0.25, 0.3) is 11.1 Å². The normalized spacial score (nSPS) is 17.4. The van der Waals surface area contributed by atoms with E-state index in [1.54, 1.807) is 0 Å². The highest BCUT2D eigenvalue weighted by molar-refractivity contribution is 6.00. The van der Waals surface area contributed by atoms with E-state index in [1.165, 1.54) is 12.8 Å². The summed E-state index contributed by atoms with van der Waals surface area (Å²) < 4.78 is 6.57. The summed E-state index contributed by atoms with van der Waals surface area (Å²) in [5.41, 5.74) is 4.62. The quantitative estimate of drug-likeness (QED) is 0.378. The van der Waals surface area contributed by atoms with Crippen LogP contribution in [0.15, 0.2) is 42.5 Å². The Morgan fingerprint density at radius 2 is 1.72 bits per heavy atom. The van der Waals surface area contributed by atoms with Gasteiger partial charge in [-0.3, -0.25) is 4.79 Å². The molecule has 0 aromatic heterocycles. The van der Waals surface area contributed by atoms with Crippen LogP contribution in [0.2, 0.25) is 0 Å². The molecule has 0 bridgehead atoms. The van der Waals surface area contributed by atoms with E-state index in [1.807, 2.05) is 6.07 Å². The fourth-order valence-corrected chi connectivity index (χ4v) is 4.60. The number of ether oxygens (including phenoxy) is 1. The number of hydrogen-bond acceptors (Lipinski definition) is 2. The standard InChI is InChI=1S/C27H36O2/c1-5-6-19-29-27(25(28)18-9-7-8-13-20(2)3)24-17-11-10-15-22(24)23-16-12-14-21(4)26(23)27/h10-12,14-17,20H,5-9,13,18-19H2,1-4H3. The number of benzene rings is 2. The minimum Gasteiger partial charge on any atom is -0.358 e. The van der Waals surface area contributed by atoms with Crippen molar-refractivity contribution in [1.82, 2.24) is 0 Å². The Morgan fingerprint density at radius 3 is 2.48 bits per heavy atom. The minimum atomic E-state index is -0.940. The zero-order valence-corrected chi connectivity index (χ0v) is 18.6. The molecule has 0 N–H and O–H groups in total. The monoisotopic (exact) mass is 392 g/mol. The summed E-state index contributed by atoms with van der Waals surface area (Å²) in [5.74, 6) is 0.948. The van der Waals surface area contributed by atoms with Gasteiger partial charge in [0.2, 0.25) is 0 Å². The van der Waals surface area contributed by atoms with Gasteiger partial charge in [0.05, 0.1) is 0 Å². The summed E-state index contributed by atoms with van der Waals surface area (Å²) >= 11 is 0. The van der Waals surface area contributed by atoms with Crippen LogP contribution in [0.5, 0.6) is 0 Å². The van der Waals surface area contributed by atoms with Crippen molar-refractivity contribution in [3.05, 3.63) is 59.2 Å². The van der Waals surface area contributed by atoms with Crippen LogP contribution in [0.4, 0.5) is 0 Å². The van der Waals surface area contributed by atoms with Crippen LogP contribution in [0, 0.1) is 12.8 Å². The molecule has 1 atom stereocenters. The largest absolute Gasteiger partial charge is 0.358 e. The molecule has 0 saturated carbocycles. The number of Topliss-reactive ketones (excluding diaryl/α,β-unsaturated/α-hetero) is 1. The molecule has 0 aliphatic heterocycles. The van der Waals surface area contributed by atoms with Gasteiger partial charge in [0.25, 0.3) is 0 Å². The molecule has 0 saturated heterocycles. The molecule has 1 unspecified atom stereocenters. The predicted octanol–water partition coefficient (Wildman–Crippen LogP) is 7.21. The Bertz CT molecular complexity index is 836. The molecule has 3 rings (SSSR count). The zero-order chi connectivity index (χ0) is 20.9. The van der Waals surface area contributed by atoms with Crippen molar-refractivity contribution >= 4 is 5.78 Å². The van der Waals surface area contributed by atoms with Crippen LogP contribution in [0.3, 0.4) is 0 Å². The Kier molecular flexibility index (Phi) is 7.29. The van der Waals surface area contributed by atoms with Crippen LogP contribution in [-0.2, 0) is 15.1 Å². The summed E-state index contributed by atoms with van der Waals surface area (Å²) in [4.78, 5) is 13.8. The summed E-state index contributed by atoms with van der Waals surface area (Å²) in [5, 5.41) is 0. The summed E-state index contributed by atoms with van der Waals surface area (Å²) in [6, 6.07) is 14.7. The molecule has 0 fully saturated rings. The predicted molar refractivity (Wildman–Crippen MR) is 121 cm³/mol. The molecule has 156 valence electrons. The molecule has 2 nitrogen and oxygen atoms in total. The average Bonchev–Trinajstić information content (AvgIpc) is 3.00. The lowest BCUT2D eigenvalue weighted by Gasteiger charge is -2.32. The number of ketones is 1. The molecule has 0 amide bonds. The lowest BCUT2D eigenvalue weighted by Crippen LogP contribution is -2.39. The van der Waals surface area contributed by atoms with E-state index >= 15 is 0 Å². The third-order valence-electron chi connectivity index (χ3n) is 6.12. The Hall–Kier alpha value is -1.93. The molecular weight excluding hydrogens is 356 g/mol. The summed E-state index contributed by atoms with van der Waals surface area (Å²) in [7, 11) is 0. The van der Waals surface area contributed by atoms with E-state index in [9.17, 15) is 4.79 Å². The van der Waals surface area contributed by atoms with Crippen molar-refractivity contribution in [1.29, 1.82) is 0 Å². The Morgan fingerprint density at radius 1 is 0.966 bits per heavy atom. The lowest BCUT2D eigenvalue weighted by molar-refractivity contribution is -0.140. The number of carbonyl (C=O) groups excluding carboxylic acids is 1. The van der Waals surface area contributed by atoms with Crippen molar-refractivity contribution in [2.75, 3.05) is 6.61 Å². The second-order valence-corrected chi connectivity index (χ2v) is 8.84. The van der Waals surface area contributed by atoms with Crippen LogP contribution < -0.4 is 0 Å². The van der Waals surface area contributed by atoms with Crippen molar-refractivity contribution < 1.29 is 9.53 Å². The first-order valence-electron chi connectivity index (χ1n) is 11.4. The maximum Gasteiger partial charge on any atom is 0.177 e. The molecule has 2 heteroatoms. The summed E-state index contributed by atoms with van der Waals surface area (Å²) in [6.07, 6.45) is 7.07. The fourth-order valence-electron chi connectivity index (χ4n) is 4.60. The van der Waals surface area contributed by atoms with Gasteiger partial charge in [0.1, 0.15) is 0 Å². The number of unbranched alkanes of at least 4 members (excludes halogenated alkanes) is 3. The second kappa shape index (κ2) is 9.71. The van der Waals surface area contributed by atoms with Gasteiger partial charge in [-0.25, -0.2) is 0 Å². The van der Waals surface area contributed by atoms with Crippen LogP contribution in [-0.4, -0.2) is 12.4 Å². The second-order valence-electron chi connectivity index (χ2n) is 8.84. The van der Waals surface area contributed by atoms with E-state index in [-0.39, 0.29) is 5.78 Å². The Balaban J connectivity index is 1.95. The SMILES string of the molecule is CCCCOC1(C(=O)CCCCCC(C)C)c2ccccc2-c2cccc(C)c21. The van der Waals surface area contributed by atoms with Gasteiger partial charge in [-0.05, 0) is 42.4 Å². The number of rotatable bonds is 11. The third kappa shape index (κ3) is 4.33. The van der Waals surface area contributed by atoms with E-state index in [0.29, 0.717) is 13.0 Å². The van der Waals surface area contributed by atoms with Crippen molar-refractivity contribution in [2.45, 2.75) is 78.2 Å². The topological polar surface area (TPSA) is 26.3 Å². The number of hydrogen-bond donors (Lipinski definition) is 0. The van der Waals surface area contributed by atoms with E-state index < -0.39 is 5.60 Å².